The lowest BCUT2D eigenvalue weighted by atomic mass is 10.2. The molecule has 21 heavy (non-hydrogen) atoms. The summed E-state index contributed by atoms with van der Waals surface area (Å²) in [5.74, 6) is -0.0282. The highest BCUT2D eigenvalue weighted by Crippen LogP contribution is 2.34. The molecule has 0 saturated carbocycles. The van der Waals surface area contributed by atoms with E-state index < -0.39 is 5.97 Å². The Hall–Kier alpha value is -1.30. The first kappa shape index (κ1) is 16.1. The molecular weight excluding hydrogens is 423 g/mol. The van der Waals surface area contributed by atoms with Crippen molar-refractivity contribution in [2.24, 2.45) is 0 Å². The Morgan fingerprint density at radius 3 is 2.43 bits per heavy atom. The van der Waals surface area contributed by atoms with E-state index in [1.54, 1.807) is 30.3 Å². The van der Waals surface area contributed by atoms with Gasteiger partial charge in [0.25, 0.3) is 0 Å². The Kier molecular flexibility index (Phi) is 5.45. The van der Waals surface area contributed by atoms with Crippen LogP contribution in [0.5, 0.6) is 11.5 Å². The molecule has 0 aliphatic heterocycles. The van der Waals surface area contributed by atoms with Crippen molar-refractivity contribution in [1.82, 2.24) is 0 Å². The third kappa shape index (κ3) is 4.59. The van der Waals surface area contributed by atoms with E-state index in [1.807, 2.05) is 6.07 Å². The van der Waals surface area contributed by atoms with Crippen molar-refractivity contribution >= 4 is 55.5 Å². The molecule has 2 rings (SSSR count). The highest BCUT2D eigenvalue weighted by molar-refractivity contribution is 9.10. The van der Waals surface area contributed by atoms with Gasteiger partial charge < -0.3 is 9.84 Å². The van der Waals surface area contributed by atoms with E-state index in [9.17, 15) is 4.79 Å². The fraction of sp³-hybridized carbons (Fsp3) is 0. The monoisotopic (exact) mass is 430 g/mol. The number of carboxylic acids is 1. The summed E-state index contributed by atoms with van der Waals surface area (Å²) in [5.41, 5.74) is 0.639. The van der Waals surface area contributed by atoms with Crippen LogP contribution in [0.25, 0.3) is 6.08 Å². The first-order chi connectivity index (χ1) is 9.95. The fourth-order valence-corrected chi connectivity index (χ4v) is 2.62. The number of carbonyl (C=O) groups is 1. The van der Waals surface area contributed by atoms with Gasteiger partial charge in [-0.05, 0) is 36.4 Å². The van der Waals surface area contributed by atoms with Gasteiger partial charge in [-0.1, -0.05) is 49.5 Å². The van der Waals surface area contributed by atoms with E-state index in [2.05, 4.69) is 31.9 Å². The Bertz CT molecular complexity index is 714. The molecule has 3 nitrogen and oxygen atoms in total. The molecule has 0 saturated heterocycles. The van der Waals surface area contributed by atoms with Crippen LogP contribution in [0.4, 0.5) is 0 Å². The van der Waals surface area contributed by atoms with Crippen molar-refractivity contribution < 1.29 is 14.6 Å². The number of hydrogen-bond donors (Lipinski definition) is 1. The molecule has 0 bridgehead atoms. The second-order valence-electron chi connectivity index (χ2n) is 4.03. The molecule has 0 atom stereocenters. The average molecular weight is 432 g/mol. The molecule has 2 aromatic carbocycles. The van der Waals surface area contributed by atoms with Gasteiger partial charge in [-0.15, -0.1) is 0 Å². The van der Waals surface area contributed by atoms with E-state index in [-0.39, 0.29) is 0 Å². The highest BCUT2D eigenvalue weighted by Gasteiger charge is 2.08. The van der Waals surface area contributed by atoms with Crippen molar-refractivity contribution in [1.29, 1.82) is 0 Å². The minimum atomic E-state index is -1.02. The zero-order valence-corrected chi connectivity index (χ0v) is 14.4. The minimum absolute atomic E-state index is 0.456. The van der Waals surface area contributed by atoms with Gasteiger partial charge in [0, 0.05) is 20.6 Å². The predicted molar refractivity (Wildman–Crippen MR) is 90.0 cm³/mol. The quantitative estimate of drug-likeness (QED) is 0.626. The largest absolute Gasteiger partial charge is 0.478 e. The summed E-state index contributed by atoms with van der Waals surface area (Å²) >= 11 is 12.8. The Morgan fingerprint density at radius 2 is 1.76 bits per heavy atom. The summed E-state index contributed by atoms with van der Waals surface area (Å²) in [6.45, 7) is 0. The zero-order valence-electron chi connectivity index (χ0n) is 10.5. The molecule has 0 amide bonds. The maximum Gasteiger partial charge on any atom is 0.328 e. The molecule has 0 radical (unpaired) electrons. The van der Waals surface area contributed by atoms with Crippen LogP contribution >= 0.6 is 43.5 Å². The summed E-state index contributed by atoms with van der Waals surface area (Å²) in [4.78, 5) is 10.6. The van der Waals surface area contributed by atoms with Crippen LogP contribution in [0.15, 0.2) is 51.4 Å². The molecule has 0 fully saturated rings. The van der Waals surface area contributed by atoms with Gasteiger partial charge in [-0.3, -0.25) is 0 Å². The first-order valence-corrected chi connectivity index (χ1v) is 7.75. The van der Waals surface area contributed by atoms with Gasteiger partial charge in [-0.2, -0.15) is 0 Å². The van der Waals surface area contributed by atoms with Gasteiger partial charge in [0.1, 0.15) is 11.5 Å². The van der Waals surface area contributed by atoms with Crippen LogP contribution < -0.4 is 4.74 Å². The number of halogens is 3. The number of hydrogen-bond acceptors (Lipinski definition) is 2. The molecule has 0 aliphatic carbocycles. The number of rotatable bonds is 4. The van der Waals surface area contributed by atoms with Crippen LogP contribution in [0.1, 0.15) is 5.56 Å². The van der Waals surface area contributed by atoms with E-state index in [0.29, 0.717) is 22.1 Å². The molecule has 6 heteroatoms. The third-order valence-electron chi connectivity index (χ3n) is 2.49. The average Bonchev–Trinajstić information content (AvgIpc) is 2.41. The van der Waals surface area contributed by atoms with E-state index in [1.165, 1.54) is 6.08 Å². The van der Waals surface area contributed by atoms with Crippen molar-refractivity contribution in [2.75, 3.05) is 0 Å². The van der Waals surface area contributed by atoms with E-state index >= 15 is 0 Å². The topological polar surface area (TPSA) is 46.5 Å². The lowest BCUT2D eigenvalue weighted by Gasteiger charge is -2.11. The van der Waals surface area contributed by atoms with Crippen LogP contribution in [0.3, 0.4) is 0 Å². The highest BCUT2D eigenvalue weighted by atomic mass is 79.9. The lowest BCUT2D eigenvalue weighted by Crippen LogP contribution is -1.90. The maximum absolute atomic E-state index is 10.6. The number of benzene rings is 2. The van der Waals surface area contributed by atoms with Gasteiger partial charge >= 0.3 is 5.97 Å². The summed E-state index contributed by atoms with van der Waals surface area (Å²) in [5, 5.41) is 9.18. The normalized spacial score (nSPS) is 10.8. The number of carboxylic acid groups (broad SMARTS) is 1. The molecule has 108 valence electrons. The smallest absolute Gasteiger partial charge is 0.328 e. The standard InChI is InChI=1S/C15H9Br2ClO3/c16-10-4-5-13(12(18)7-10)21-14-8-11(17)3-1-9(14)2-6-15(19)20/h1-8H,(H,19,20)/b6-2+. The molecule has 0 heterocycles. The van der Waals surface area contributed by atoms with E-state index in [4.69, 9.17) is 21.4 Å². The minimum Gasteiger partial charge on any atom is -0.478 e. The molecule has 0 spiro atoms. The molecular formula is C15H9Br2ClO3. The SMILES string of the molecule is O=C(O)/C=C/c1ccc(Br)cc1Oc1ccc(Br)cc1Cl. The predicted octanol–water partition coefficient (Wildman–Crippen LogP) is 5.76. The Labute approximate surface area is 143 Å². The molecule has 0 unspecified atom stereocenters. The summed E-state index contributed by atoms with van der Waals surface area (Å²) in [7, 11) is 0. The zero-order chi connectivity index (χ0) is 15.4. The van der Waals surface area contributed by atoms with Crippen LogP contribution in [0, 0.1) is 0 Å². The Morgan fingerprint density at radius 1 is 1.10 bits per heavy atom. The number of ether oxygens (including phenoxy) is 1. The van der Waals surface area contributed by atoms with Crippen molar-refractivity contribution in [3.05, 3.63) is 62.0 Å². The van der Waals surface area contributed by atoms with Crippen molar-refractivity contribution in [3.8, 4) is 11.5 Å². The van der Waals surface area contributed by atoms with E-state index in [0.717, 1.165) is 15.0 Å². The summed E-state index contributed by atoms with van der Waals surface area (Å²) in [6, 6.07) is 10.6. The fourth-order valence-electron chi connectivity index (χ4n) is 1.57. The maximum atomic E-state index is 10.6. The molecule has 1 N–H and O–H groups in total. The van der Waals surface area contributed by atoms with Gasteiger partial charge in [0.05, 0.1) is 5.02 Å². The molecule has 0 aliphatic rings. The summed E-state index contributed by atoms with van der Waals surface area (Å²) in [6.07, 6.45) is 2.52. The number of aliphatic carboxylic acids is 1. The molecule has 0 aromatic heterocycles. The summed E-state index contributed by atoms with van der Waals surface area (Å²) < 4.78 is 7.45. The second kappa shape index (κ2) is 7.11. The van der Waals surface area contributed by atoms with Gasteiger partial charge in [0.2, 0.25) is 0 Å². The van der Waals surface area contributed by atoms with Gasteiger partial charge in [-0.25, -0.2) is 4.79 Å². The van der Waals surface area contributed by atoms with Crippen LogP contribution in [-0.2, 0) is 4.79 Å². The first-order valence-electron chi connectivity index (χ1n) is 5.79. The third-order valence-corrected chi connectivity index (χ3v) is 3.78. The van der Waals surface area contributed by atoms with Gasteiger partial charge in [0.15, 0.2) is 0 Å². The van der Waals surface area contributed by atoms with Crippen molar-refractivity contribution in [2.45, 2.75) is 0 Å². The second-order valence-corrected chi connectivity index (χ2v) is 6.27. The lowest BCUT2D eigenvalue weighted by molar-refractivity contribution is -0.131. The van der Waals surface area contributed by atoms with Crippen LogP contribution in [-0.4, -0.2) is 11.1 Å². The Balaban J connectivity index is 2.38. The van der Waals surface area contributed by atoms with Crippen molar-refractivity contribution in [3.63, 3.8) is 0 Å². The molecule has 2 aromatic rings. The van der Waals surface area contributed by atoms with Crippen LogP contribution in [0.2, 0.25) is 5.02 Å².